The Kier molecular flexibility index (Phi) is 2.86. The van der Waals surface area contributed by atoms with E-state index < -0.39 is 0 Å². The first-order valence-corrected chi connectivity index (χ1v) is 6.47. The molecular weight excluding hydrogens is 280 g/mol. The van der Waals surface area contributed by atoms with Crippen LogP contribution < -0.4 is 5.73 Å². The smallest absolute Gasteiger partial charge is 0.0997 e. The maximum Gasteiger partial charge on any atom is 0.0997 e. The molecule has 2 unspecified atom stereocenters. The van der Waals surface area contributed by atoms with E-state index in [0.717, 1.165) is 34.0 Å². The molecule has 0 radical (unpaired) electrons. The molecule has 0 amide bonds. The van der Waals surface area contributed by atoms with Gasteiger partial charge in [-0.2, -0.15) is 0 Å². The Balaban J connectivity index is 2.20. The van der Waals surface area contributed by atoms with Gasteiger partial charge in [0.25, 0.3) is 0 Å². The summed E-state index contributed by atoms with van der Waals surface area (Å²) < 4.78 is 6.77. The molecule has 2 heterocycles. The zero-order valence-electron chi connectivity index (χ0n) is 9.27. The maximum atomic E-state index is 6.08. The van der Waals surface area contributed by atoms with E-state index in [-0.39, 0.29) is 12.1 Å². The van der Waals surface area contributed by atoms with Crippen LogP contribution in [0.3, 0.4) is 0 Å². The molecule has 17 heavy (non-hydrogen) atoms. The van der Waals surface area contributed by atoms with Crippen LogP contribution in [0.5, 0.6) is 0 Å². The van der Waals surface area contributed by atoms with Crippen molar-refractivity contribution in [1.82, 2.24) is 4.98 Å². The molecule has 1 aromatic heterocycles. The lowest BCUT2D eigenvalue weighted by molar-refractivity contribution is 0.106. The predicted molar refractivity (Wildman–Crippen MR) is 70.7 cm³/mol. The van der Waals surface area contributed by atoms with E-state index in [1.54, 1.807) is 6.20 Å². The van der Waals surface area contributed by atoms with Crippen LogP contribution in [0.25, 0.3) is 10.9 Å². The van der Waals surface area contributed by atoms with Gasteiger partial charge in [-0.25, -0.2) is 0 Å². The minimum atomic E-state index is -0.0273. The van der Waals surface area contributed by atoms with Gasteiger partial charge in [-0.05, 0) is 18.6 Å². The lowest BCUT2D eigenvalue weighted by atomic mass is 10.00. The van der Waals surface area contributed by atoms with Crippen LogP contribution in [0.4, 0.5) is 0 Å². The van der Waals surface area contributed by atoms with E-state index in [0.29, 0.717) is 0 Å². The van der Waals surface area contributed by atoms with Gasteiger partial charge in [0.2, 0.25) is 0 Å². The average molecular weight is 293 g/mol. The van der Waals surface area contributed by atoms with Gasteiger partial charge in [0.05, 0.1) is 11.6 Å². The highest BCUT2D eigenvalue weighted by Crippen LogP contribution is 2.34. The fourth-order valence-electron chi connectivity index (χ4n) is 2.32. The first-order valence-electron chi connectivity index (χ1n) is 5.67. The van der Waals surface area contributed by atoms with E-state index in [1.165, 1.54) is 0 Å². The van der Waals surface area contributed by atoms with Crippen molar-refractivity contribution in [3.63, 3.8) is 0 Å². The Morgan fingerprint density at radius 2 is 2.24 bits per heavy atom. The summed E-state index contributed by atoms with van der Waals surface area (Å²) in [5.74, 6) is 0. The lowest BCUT2D eigenvalue weighted by Crippen LogP contribution is -2.23. The van der Waals surface area contributed by atoms with Crippen molar-refractivity contribution in [3.8, 4) is 0 Å². The van der Waals surface area contributed by atoms with Gasteiger partial charge in [0.1, 0.15) is 0 Å². The van der Waals surface area contributed by atoms with Crippen LogP contribution in [0.2, 0.25) is 0 Å². The van der Waals surface area contributed by atoms with Crippen LogP contribution in [-0.2, 0) is 4.74 Å². The van der Waals surface area contributed by atoms with E-state index in [2.05, 4.69) is 33.0 Å². The number of pyridine rings is 1. The van der Waals surface area contributed by atoms with Gasteiger partial charge in [-0.15, -0.1) is 0 Å². The highest BCUT2D eigenvalue weighted by molar-refractivity contribution is 9.10. The van der Waals surface area contributed by atoms with Crippen LogP contribution in [-0.4, -0.2) is 17.6 Å². The SMILES string of the molecule is NC1CCOC1c1ccc(Br)c2cccnc12. The molecule has 0 spiro atoms. The van der Waals surface area contributed by atoms with Crippen LogP contribution in [0.1, 0.15) is 18.1 Å². The highest BCUT2D eigenvalue weighted by atomic mass is 79.9. The van der Waals surface area contributed by atoms with E-state index in [9.17, 15) is 0 Å². The number of halogens is 1. The number of hydrogen-bond acceptors (Lipinski definition) is 3. The summed E-state index contributed by atoms with van der Waals surface area (Å²) in [5.41, 5.74) is 8.14. The number of nitrogens with two attached hydrogens (primary N) is 1. The summed E-state index contributed by atoms with van der Waals surface area (Å²) in [6.07, 6.45) is 2.69. The van der Waals surface area contributed by atoms with Crippen molar-refractivity contribution in [3.05, 3.63) is 40.5 Å². The number of rotatable bonds is 1. The maximum absolute atomic E-state index is 6.08. The van der Waals surface area contributed by atoms with Crippen LogP contribution >= 0.6 is 15.9 Å². The Bertz CT molecular complexity index is 558. The molecule has 4 heteroatoms. The second-order valence-electron chi connectivity index (χ2n) is 4.28. The van der Waals surface area contributed by atoms with Gasteiger partial charge in [-0.1, -0.05) is 28.1 Å². The number of fused-ring (bicyclic) bond motifs is 1. The normalized spacial score (nSPS) is 24.4. The molecule has 1 aliphatic rings. The van der Waals surface area contributed by atoms with Crippen LogP contribution in [0.15, 0.2) is 34.9 Å². The first-order chi connectivity index (χ1) is 8.27. The van der Waals surface area contributed by atoms with Crippen molar-refractivity contribution in [1.29, 1.82) is 0 Å². The third kappa shape index (κ3) is 1.86. The van der Waals surface area contributed by atoms with E-state index in [4.69, 9.17) is 10.5 Å². The Morgan fingerprint density at radius 1 is 1.35 bits per heavy atom. The third-order valence-corrected chi connectivity index (χ3v) is 3.88. The van der Waals surface area contributed by atoms with E-state index in [1.807, 2.05) is 12.1 Å². The molecule has 1 saturated heterocycles. The van der Waals surface area contributed by atoms with Gasteiger partial charge in [0.15, 0.2) is 0 Å². The standard InChI is InChI=1S/C13H13BrN2O/c14-10-4-3-9(13-11(15)5-7-17-13)12-8(10)2-1-6-16-12/h1-4,6,11,13H,5,7,15H2. The molecule has 0 saturated carbocycles. The summed E-state index contributed by atoms with van der Waals surface area (Å²) in [4.78, 5) is 4.46. The monoisotopic (exact) mass is 292 g/mol. The van der Waals surface area contributed by atoms with Crippen molar-refractivity contribution in [2.45, 2.75) is 18.6 Å². The van der Waals surface area contributed by atoms with Gasteiger partial charge >= 0.3 is 0 Å². The van der Waals surface area contributed by atoms with Crippen molar-refractivity contribution in [2.24, 2.45) is 5.73 Å². The predicted octanol–water partition coefficient (Wildman–Crippen LogP) is 2.79. The second kappa shape index (κ2) is 4.37. The first kappa shape index (κ1) is 11.1. The summed E-state index contributed by atoms with van der Waals surface area (Å²) >= 11 is 3.54. The summed E-state index contributed by atoms with van der Waals surface area (Å²) in [7, 11) is 0. The number of benzene rings is 1. The fourth-order valence-corrected chi connectivity index (χ4v) is 2.77. The molecule has 1 aromatic carbocycles. The Morgan fingerprint density at radius 3 is 3.00 bits per heavy atom. The zero-order chi connectivity index (χ0) is 11.8. The van der Waals surface area contributed by atoms with Crippen LogP contribution in [0, 0.1) is 0 Å². The molecule has 3 nitrogen and oxygen atoms in total. The summed E-state index contributed by atoms with van der Waals surface area (Å²) in [6.45, 7) is 0.732. The number of ether oxygens (including phenoxy) is 1. The minimum Gasteiger partial charge on any atom is -0.372 e. The Hall–Kier alpha value is -0.970. The molecule has 88 valence electrons. The van der Waals surface area contributed by atoms with Gasteiger partial charge in [0, 0.05) is 34.3 Å². The fraction of sp³-hybridized carbons (Fsp3) is 0.308. The largest absolute Gasteiger partial charge is 0.372 e. The molecule has 2 N–H and O–H groups in total. The average Bonchev–Trinajstić information content (AvgIpc) is 2.77. The molecule has 3 rings (SSSR count). The lowest BCUT2D eigenvalue weighted by Gasteiger charge is -2.17. The molecule has 1 aliphatic heterocycles. The van der Waals surface area contributed by atoms with Crippen molar-refractivity contribution >= 4 is 26.8 Å². The highest BCUT2D eigenvalue weighted by Gasteiger charge is 2.28. The van der Waals surface area contributed by atoms with Crippen molar-refractivity contribution < 1.29 is 4.74 Å². The molecular formula is C13H13BrN2O. The van der Waals surface area contributed by atoms with Gasteiger partial charge in [-0.3, -0.25) is 4.98 Å². The quantitative estimate of drug-likeness (QED) is 0.879. The number of hydrogen-bond donors (Lipinski definition) is 1. The van der Waals surface area contributed by atoms with E-state index >= 15 is 0 Å². The second-order valence-corrected chi connectivity index (χ2v) is 5.13. The summed E-state index contributed by atoms with van der Waals surface area (Å²) in [6, 6.07) is 8.15. The molecule has 1 fully saturated rings. The molecule has 0 bridgehead atoms. The third-order valence-electron chi connectivity index (χ3n) is 3.19. The van der Waals surface area contributed by atoms with Gasteiger partial charge < -0.3 is 10.5 Å². The zero-order valence-corrected chi connectivity index (χ0v) is 10.9. The van der Waals surface area contributed by atoms with Crippen molar-refractivity contribution in [2.75, 3.05) is 6.61 Å². The molecule has 2 atom stereocenters. The summed E-state index contributed by atoms with van der Waals surface area (Å²) in [5, 5.41) is 1.10. The number of aromatic nitrogens is 1. The topological polar surface area (TPSA) is 48.1 Å². The molecule has 0 aliphatic carbocycles. The minimum absolute atomic E-state index is 0.0273. The molecule has 2 aromatic rings. The Labute approximate surface area is 108 Å². The number of nitrogens with zero attached hydrogens (tertiary/aromatic N) is 1.